The van der Waals surface area contributed by atoms with Crippen LogP contribution in [0.3, 0.4) is 0 Å². The van der Waals surface area contributed by atoms with Gasteiger partial charge in [0, 0.05) is 10.2 Å². The molecule has 0 bridgehead atoms. The van der Waals surface area contributed by atoms with Crippen LogP contribution in [0.25, 0.3) is 10.8 Å². The van der Waals surface area contributed by atoms with E-state index < -0.39 is 9.84 Å². The van der Waals surface area contributed by atoms with E-state index >= 15 is 0 Å². The molecule has 3 rings (SSSR count). The summed E-state index contributed by atoms with van der Waals surface area (Å²) in [6.45, 7) is 1.98. The number of hydrogen-bond acceptors (Lipinski definition) is 7. The van der Waals surface area contributed by atoms with Crippen LogP contribution in [0.4, 0.5) is 0 Å². The fourth-order valence-corrected chi connectivity index (χ4v) is 5.47. The van der Waals surface area contributed by atoms with Gasteiger partial charge in [0.15, 0.2) is 9.84 Å². The highest BCUT2D eigenvalue weighted by Gasteiger charge is 2.16. The topological polar surface area (TPSA) is 73.1 Å². The Labute approximate surface area is 156 Å². The number of halogens is 1. The molecule has 2 aromatic heterocycles. The highest BCUT2D eigenvalue weighted by Crippen LogP contribution is 2.30. The molecule has 0 N–H and O–H groups in total. The summed E-state index contributed by atoms with van der Waals surface area (Å²) in [7, 11) is -3.32. The van der Waals surface area contributed by atoms with E-state index in [1.807, 2.05) is 18.4 Å². The van der Waals surface area contributed by atoms with Crippen LogP contribution in [0.1, 0.15) is 5.56 Å². The normalized spacial score (nSPS) is 11.8. The van der Waals surface area contributed by atoms with Gasteiger partial charge in [-0.3, -0.25) is 0 Å². The molecule has 0 fully saturated rings. The lowest BCUT2D eigenvalue weighted by atomic mass is 10.3. The van der Waals surface area contributed by atoms with E-state index in [4.69, 9.17) is 4.42 Å². The second-order valence-corrected chi connectivity index (χ2v) is 9.91. The molecule has 0 radical (unpaired) electrons. The fourth-order valence-electron chi connectivity index (χ4n) is 1.95. The van der Waals surface area contributed by atoms with Crippen LogP contribution in [-0.2, 0) is 9.84 Å². The van der Waals surface area contributed by atoms with Crippen molar-refractivity contribution in [2.45, 2.75) is 17.0 Å². The molecule has 0 unspecified atom stereocenters. The van der Waals surface area contributed by atoms with Gasteiger partial charge in [-0.15, -0.1) is 21.5 Å². The molecule has 0 amide bonds. The van der Waals surface area contributed by atoms with Gasteiger partial charge in [-0.2, -0.15) is 0 Å². The predicted molar refractivity (Wildman–Crippen MR) is 99.3 cm³/mol. The minimum Gasteiger partial charge on any atom is -0.410 e. The zero-order valence-corrected chi connectivity index (χ0v) is 16.6. The third kappa shape index (κ3) is 4.08. The molecule has 0 aliphatic rings. The molecule has 9 heteroatoms. The number of benzene rings is 1. The number of aryl methyl sites for hydroxylation is 1. The Balaban J connectivity index is 1.61. The second kappa shape index (κ2) is 7.38. The van der Waals surface area contributed by atoms with E-state index in [1.54, 1.807) is 24.3 Å². The molecule has 0 aliphatic heterocycles. The summed E-state index contributed by atoms with van der Waals surface area (Å²) in [5.74, 6) is 0.833. The van der Waals surface area contributed by atoms with E-state index in [0.717, 1.165) is 14.9 Å². The predicted octanol–water partition coefficient (Wildman–Crippen LogP) is 4.44. The van der Waals surface area contributed by atoms with Crippen molar-refractivity contribution in [2.75, 3.05) is 11.5 Å². The standard InChI is InChI=1S/C15H13BrN2O3S3/c1-10-6-7-22-13(10)14-17-18-15(21-14)23-8-9-24(19,20)12-4-2-11(16)3-5-12/h2-7H,8-9H2,1H3. The van der Waals surface area contributed by atoms with E-state index in [0.29, 0.717) is 21.8 Å². The van der Waals surface area contributed by atoms with Crippen LogP contribution >= 0.6 is 39.0 Å². The molecular formula is C15H13BrN2O3S3. The second-order valence-electron chi connectivity index (χ2n) is 4.93. The van der Waals surface area contributed by atoms with Gasteiger partial charge in [-0.25, -0.2) is 8.42 Å². The van der Waals surface area contributed by atoms with Crippen LogP contribution in [0.2, 0.25) is 0 Å². The summed E-state index contributed by atoms with van der Waals surface area (Å²) >= 11 is 6.08. The van der Waals surface area contributed by atoms with Crippen LogP contribution in [-0.4, -0.2) is 30.1 Å². The van der Waals surface area contributed by atoms with Crippen molar-refractivity contribution in [1.29, 1.82) is 0 Å². The first kappa shape index (κ1) is 17.7. The van der Waals surface area contributed by atoms with Gasteiger partial charge in [-0.05, 0) is 48.2 Å². The third-order valence-electron chi connectivity index (χ3n) is 3.21. The minimum atomic E-state index is -3.32. The summed E-state index contributed by atoms with van der Waals surface area (Å²) < 4.78 is 31.0. The van der Waals surface area contributed by atoms with Gasteiger partial charge in [0.1, 0.15) is 0 Å². The lowest BCUT2D eigenvalue weighted by Gasteiger charge is -2.03. The SMILES string of the molecule is Cc1ccsc1-c1nnc(SCCS(=O)(=O)c2ccc(Br)cc2)o1. The summed E-state index contributed by atoms with van der Waals surface area (Å²) in [5, 5.41) is 10.3. The van der Waals surface area contributed by atoms with Gasteiger partial charge in [0.05, 0.1) is 15.5 Å². The average Bonchev–Trinajstić information content (AvgIpc) is 3.16. The Morgan fingerprint density at radius 3 is 2.62 bits per heavy atom. The monoisotopic (exact) mass is 444 g/mol. The van der Waals surface area contributed by atoms with Gasteiger partial charge >= 0.3 is 0 Å². The molecule has 0 saturated carbocycles. The molecule has 0 aliphatic carbocycles. The average molecular weight is 445 g/mol. The van der Waals surface area contributed by atoms with E-state index in [-0.39, 0.29) is 5.75 Å². The first-order valence-corrected chi connectivity index (χ1v) is 11.3. The van der Waals surface area contributed by atoms with Crippen molar-refractivity contribution < 1.29 is 12.8 Å². The lowest BCUT2D eigenvalue weighted by molar-refractivity contribution is 0.467. The quantitative estimate of drug-likeness (QED) is 0.523. The molecule has 126 valence electrons. The number of rotatable bonds is 6. The van der Waals surface area contributed by atoms with Crippen molar-refractivity contribution in [1.82, 2.24) is 10.2 Å². The Bertz CT molecular complexity index is 933. The Morgan fingerprint density at radius 2 is 1.96 bits per heavy atom. The Kier molecular flexibility index (Phi) is 5.43. The third-order valence-corrected chi connectivity index (χ3v) is 7.56. The first-order valence-electron chi connectivity index (χ1n) is 6.95. The zero-order valence-electron chi connectivity index (χ0n) is 12.6. The van der Waals surface area contributed by atoms with Gasteiger partial charge < -0.3 is 4.42 Å². The van der Waals surface area contributed by atoms with Crippen LogP contribution in [0.15, 0.2) is 54.7 Å². The van der Waals surface area contributed by atoms with Gasteiger partial charge in [-0.1, -0.05) is 27.7 Å². The number of aromatic nitrogens is 2. The molecule has 0 atom stereocenters. The Hall–Kier alpha value is -1.16. The number of hydrogen-bond donors (Lipinski definition) is 0. The number of sulfone groups is 1. The summed E-state index contributed by atoms with van der Waals surface area (Å²) in [5.41, 5.74) is 1.08. The maximum atomic E-state index is 12.3. The number of thiophene rings is 1. The van der Waals surface area contributed by atoms with E-state index in [2.05, 4.69) is 26.1 Å². The molecule has 0 spiro atoms. The van der Waals surface area contributed by atoms with Crippen molar-refractivity contribution in [3.8, 4) is 10.8 Å². The van der Waals surface area contributed by atoms with E-state index in [1.165, 1.54) is 23.1 Å². The first-order chi connectivity index (χ1) is 11.5. The van der Waals surface area contributed by atoms with Crippen molar-refractivity contribution in [2.24, 2.45) is 0 Å². The zero-order chi connectivity index (χ0) is 17.2. The largest absolute Gasteiger partial charge is 0.410 e. The van der Waals surface area contributed by atoms with Crippen LogP contribution in [0, 0.1) is 6.92 Å². The Morgan fingerprint density at radius 1 is 1.21 bits per heavy atom. The molecule has 2 heterocycles. The molecule has 0 saturated heterocycles. The van der Waals surface area contributed by atoms with Crippen LogP contribution < -0.4 is 0 Å². The fraction of sp³-hybridized carbons (Fsp3) is 0.200. The van der Waals surface area contributed by atoms with Gasteiger partial charge in [0.2, 0.25) is 0 Å². The van der Waals surface area contributed by atoms with Crippen molar-refractivity contribution in [3.63, 3.8) is 0 Å². The van der Waals surface area contributed by atoms with Gasteiger partial charge in [0.25, 0.3) is 11.1 Å². The maximum absolute atomic E-state index is 12.3. The van der Waals surface area contributed by atoms with Crippen LogP contribution in [0.5, 0.6) is 0 Å². The highest BCUT2D eigenvalue weighted by atomic mass is 79.9. The molecular weight excluding hydrogens is 432 g/mol. The smallest absolute Gasteiger partial charge is 0.276 e. The number of thioether (sulfide) groups is 1. The molecule has 24 heavy (non-hydrogen) atoms. The molecule has 3 aromatic rings. The summed E-state index contributed by atoms with van der Waals surface area (Å²) in [6, 6.07) is 8.60. The summed E-state index contributed by atoms with van der Waals surface area (Å²) in [6.07, 6.45) is 0. The highest BCUT2D eigenvalue weighted by molar-refractivity contribution is 9.10. The lowest BCUT2D eigenvalue weighted by Crippen LogP contribution is -2.08. The number of nitrogens with zero attached hydrogens (tertiary/aromatic N) is 2. The summed E-state index contributed by atoms with van der Waals surface area (Å²) in [4.78, 5) is 1.25. The van der Waals surface area contributed by atoms with E-state index in [9.17, 15) is 8.42 Å². The minimum absolute atomic E-state index is 0.00897. The van der Waals surface area contributed by atoms with Crippen molar-refractivity contribution in [3.05, 3.63) is 45.7 Å². The maximum Gasteiger partial charge on any atom is 0.276 e. The molecule has 5 nitrogen and oxygen atoms in total. The molecule has 1 aromatic carbocycles. The van der Waals surface area contributed by atoms with Crippen molar-refractivity contribution >= 4 is 48.9 Å².